The molecule has 0 amide bonds. The van der Waals surface area contributed by atoms with Crippen LogP contribution in [0.4, 0.5) is 0 Å². The Morgan fingerprint density at radius 1 is 1.20 bits per heavy atom. The van der Waals surface area contributed by atoms with E-state index in [0.717, 1.165) is 18.2 Å². The van der Waals surface area contributed by atoms with E-state index >= 15 is 0 Å². The van der Waals surface area contributed by atoms with Gasteiger partial charge in [0.25, 0.3) is 0 Å². The van der Waals surface area contributed by atoms with Gasteiger partial charge in [-0.25, -0.2) is 9.59 Å². The number of aliphatic carboxylic acids is 2. The smallest absolute Gasteiger partial charge is 0.545 e. The van der Waals surface area contributed by atoms with Crippen LogP contribution < -0.4 is 34.7 Å². The van der Waals surface area contributed by atoms with Crippen molar-refractivity contribution in [3.8, 4) is 0 Å². The van der Waals surface area contributed by atoms with Gasteiger partial charge >= 0.3 is 41.5 Å². The van der Waals surface area contributed by atoms with E-state index in [2.05, 4.69) is 24.5 Å². The first-order valence-electron chi connectivity index (χ1n) is 4.87. The van der Waals surface area contributed by atoms with Gasteiger partial charge in [-0.2, -0.15) is 0 Å². The van der Waals surface area contributed by atoms with Gasteiger partial charge in [0.05, 0.1) is 12.1 Å². The number of carboxylic acids is 2. The molecule has 0 spiro atoms. The Balaban J connectivity index is -0.000000101. The molecule has 0 aromatic carbocycles. The Kier molecular flexibility index (Phi) is 26.9. The van der Waals surface area contributed by atoms with E-state index in [1.807, 2.05) is 0 Å². The second-order valence-electron chi connectivity index (χ2n) is 2.75. The molecular weight excluding hydrogens is 279 g/mol. The molecule has 0 fully saturated rings. The van der Waals surface area contributed by atoms with E-state index in [4.69, 9.17) is 20.1 Å². The van der Waals surface area contributed by atoms with Crippen molar-refractivity contribution in [2.45, 2.75) is 13.0 Å². The fraction of sp³-hybridized carbons (Fsp3) is 0.250. The molecule has 2 N–H and O–H groups in total. The van der Waals surface area contributed by atoms with Gasteiger partial charge in [0.2, 0.25) is 0 Å². The van der Waals surface area contributed by atoms with Crippen LogP contribution in [0.1, 0.15) is 6.92 Å². The molecule has 0 aliphatic rings. The van der Waals surface area contributed by atoms with Crippen LogP contribution in [0.25, 0.3) is 0 Å². The summed E-state index contributed by atoms with van der Waals surface area (Å²) in [4.78, 5) is 28.7. The zero-order chi connectivity index (χ0) is 15.8. The zero-order valence-corrected chi connectivity index (χ0v) is 13.6. The molecule has 0 aliphatic carbocycles. The number of aliphatic hydroxyl groups is 1. The molecule has 0 aromatic rings. The zero-order valence-electron chi connectivity index (χ0n) is 11.6. The maximum absolute atomic E-state index is 10.3. The van der Waals surface area contributed by atoms with Crippen LogP contribution in [0.15, 0.2) is 38.0 Å². The van der Waals surface area contributed by atoms with Crippen molar-refractivity contribution in [1.29, 1.82) is 0 Å². The van der Waals surface area contributed by atoms with Crippen molar-refractivity contribution in [2.24, 2.45) is 0 Å². The molecular formula is C12H17NaO7. The minimum atomic E-state index is -1.23. The van der Waals surface area contributed by atoms with Gasteiger partial charge in [-0.15, -0.1) is 0 Å². The van der Waals surface area contributed by atoms with Gasteiger partial charge in [-0.1, -0.05) is 19.7 Å². The molecule has 8 heteroatoms. The Bertz CT molecular complexity index is 306. The normalized spacial score (nSPS) is 8.70. The molecule has 0 saturated carbocycles. The monoisotopic (exact) mass is 296 g/mol. The van der Waals surface area contributed by atoms with Gasteiger partial charge in [0.1, 0.15) is 6.61 Å². The van der Waals surface area contributed by atoms with Crippen LogP contribution in [0.3, 0.4) is 0 Å². The Morgan fingerprint density at radius 2 is 1.55 bits per heavy atom. The van der Waals surface area contributed by atoms with E-state index in [1.54, 1.807) is 0 Å². The molecule has 7 nitrogen and oxygen atoms in total. The third-order valence-electron chi connectivity index (χ3n) is 0.975. The maximum atomic E-state index is 10.3. The van der Waals surface area contributed by atoms with Gasteiger partial charge in [-0.05, 0) is 13.0 Å². The number of rotatable bonds is 5. The Morgan fingerprint density at radius 3 is 1.70 bits per heavy atom. The molecule has 0 aromatic heterocycles. The topological polar surface area (TPSA) is 124 Å². The molecule has 0 rings (SSSR count). The predicted molar refractivity (Wildman–Crippen MR) is 65.9 cm³/mol. The number of carbonyl (C=O) groups excluding carboxylic acids is 2. The summed E-state index contributed by atoms with van der Waals surface area (Å²) in [5, 5.41) is 25.3. The molecule has 1 unspecified atom stereocenters. The number of carboxylic acid groups (broad SMARTS) is 2. The summed E-state index contributed by atoms with van der Waals surface area (Å²) in [7, 11) is 0. The van der Waals surface area contributed by atoms with E-state index in [1.165, 1.54) is 6.92 Å². The SMILES string of the molecule is C=CC(=O)O.C=CC(=O)OCC(C)O.C=CC(=O)[O-].[Na+]. The Labute approximate surface area is 139 Å². The molecule has 0 saturated heterocycles. The van der Waals surface area contributed by atoms with Crippen molar-refractivity contribution < 1.29 is 64.0 Å². The second kappa shape index (κ2) is 19.9. The van der Waals surface area contributed by atoms with Crippen LogP contribution in [-0.4, -0.2) is 40.8 Å². The van der Waals surface area contributed by atoms with Gasteiger partial charge < -0.3 is 24.9 Å². The fourth-order valence-electron chi connectivity index (χ4n) is 0.262. The molecule has 0 heterocycles. The molecule has 108 valence electrons. The summed E-state index contributed by atoms with van der Waals surface area (Å²) >= 11 is 0. The summed E-state index contributed by atoms with van der Waals surface area (Å²) in [6.07, 6.45) is 2.01. The largest absolute Gasteiger partial charge is 1.00 e. The molecule has 1 atom stereocenters. The number of ether oxygens (including phenoxy) is 1. The summed E-state index contributed by atoms with van der Waals surface area (Å²) in [6, 6.07) is 0. The van der Waals surface area contributed by atoms with Crippen LogP contribution >= 0.6 is 0 Å². The van der Waals surface area contributed by atoms with Gasteiger partial charge in [0, 0.05) is 12.2 Å². The molecule has 0 bridgehead atoms. The van der Waals surface area contributed by atoms with Crippen molar-refractivity contribution >= 4 is 17.9 Å². The molecule has 20 heavy (non-hydrogen) atoms. The predicted octanol–water partition coefficient (Wildman–Crippen LogP) is -3.72. The first kappa shape index (κ1) is 27.0. The second-order valence-corrected chi connectivity index (χ2v) is 2.75. The average molecular weight is 296 g/mol. The number of aliphatic hydroxyl groups excluding tert-OH is 1. The van der Waals surface area contributed by atoms with Gasteiger partial charge in [-0.3, -0.25) is 0 Å². The van der Waals surface area contributed by atoms with Gasteiger partial charge in [0.15, 0.2) is 0 Å². The fourth-order valence-corrected chi connectivity index (χ4v) is 0.262. The first-order valence-corrected chi connectivity index (χ1v) is 4.87. The van der Waals surface area contributed by atoms with Crippen molar-refractivity contribution in [1.82, 2.24) is 0 Å². The van der Waals surface area contributed by atoms with Crippen LogP contribution in [0, 0.1) is 0 Å². The average Bonchev–Trinajstić information content (AvgIpc) is 2.37. The minimum absolute atomic E-state index is 0. The van der Waals surface area contributed by atoms with E-state index in [-0.39, 0.29) is 36.2 Å². The van der Waals surface area contributed by atoms with Crippen LogP contribution in [0.2, 0.25) is 0 Å². The number of esters is 1. The minimum Gasteiger partial charge on any atom is -0.545 e. The van der Waals surface area contributed by atoms with Crippen molar-refractivity contribution in [3.63, 3.8) is 0 Å². The summed E-state index contributed by atoms with van der Waals surface area (Å²) in [5.41, 5.74) is 0. The van der Waals surface area contributed by atoms with Crippen molar-refractivity contribution in [3.05, 3.63) is 38.0 Å². The summed E-state index contributed by atoms with van der Waals surface area (Å²) in [5.74, 6) is -2.72. The van der Waals surface area contributed by atoms with Crippen LogP contribution in [0.5, 0.6) is 0 Å². The molecule has 0 aliphatic heterocycles. The first-order chi connectivity index (χ1) is 8.70. The number of hydrogen-bond acceptors (Lipinski definition) is 6. The van der Waals surface area contributed by atoms with E-state index in [0.29, 0.717) is 0 Å². The quantitative estimate of drug-likeness (QED) is 0.304. The third-order valence-corrected chi connectivity index (χ3v) is 0.975. The van der Waals surface area contributed by atoms with Crippen LogP contribution in [-0.2, 0) is 19.1 Å². The summed E-state index contributed by atoms with van der Waals surface area (Å²) < 4.78 is 4.45. The van der Waals surface area contributed by atoms with Crippen molar-refractivity contribution in [2.75, 3.05) is 6.61 Å². The number of hydrogen-bond donors (Lipinski definition) is 2. The standard InChI is InChI=1S/C6H10O3.2C3H4O2.Na/c1-3-6(8)9-4-5(2)7;2*1-2-3(4)5;/h3,5,7H,1,4H2,2H3;2*2H,1H2,(H,4,5);/q;;;+1/p-1. The third kappa shape index (κ3) is 43.8. The van der Waals surface area contributed by atoms with E-state index < -0.39 is 24.0 Å². The molecule has 0 radical (unpaired) electrons. The maximum Gasteiger partial charge on any atom is 1.00 e. The number of carbonyl (C=O) groups is 3. The summed E-state index contributed by atoms with van der Waals surface area (Å²) in [6.45, 7) is 10.6. The van der Waals surface area contributed by atoms with E-state index in [9.17, 15) is 9.59 Å². The Hall–Kier alpha value is -1.41.